The summed E-state index contributed by atoms with van der Waals surface area (Å²) in [5.41, 5.74) is 8.70. The first kappa shape index (κ1) is 30.0. The molecule has 0 N–H and O–H groups in total. The van der Waals surface area contributed by atoms with Gasteiger partial charge in [0.25, 0.3) is 11.4 Å². The minimum absolute atomic E-state index is 0.0806. The quantitative estimate of drug-likeness (QED) is 0.110. The third kappa shape index (κ3) is 5.20. The Morgan fingerprint density at radius 1 is 0.500 bits per heavy atom. The molecule has 7 nitrogen and oxygen atoms in total. The predicted molar refractivity (Wildman–Crippen MR) is 192 cm³/mol. The maximum absolute atomic E-state index is 12.0. The van der Waals surface area contributed by atoms with Crippen molar-refractivity contribution >= 4 is 32.9 Å². The van der Waals surface area contributed by atoms with Crippen LogP contribution in [0.15, 0.2) is 109 Å². The molecule has 8 rings (SSSR count). The van der Waals surface area contributed by atoms with Gasteiger partial charge in [-0.05, 0) is 81.6 Å². The average Bonchev–Trinajstić information content (AvgIpc) is 3.25. The van der Waals surface area contributed by atoms with Crippen LogP contribution in [-0.4, -0.2) is 27.4 Å². The SMILES string of the molecule is O=[N+]([O-])c1cccc(-c2cc3ccccc3c3c2C[N+]2(CCCCCCC2)Cc2c(-c4cccc([N+](=O)[O-])c4)cc4ccccc4c2-3)c1. The first-order valence-electron chi connectivity index (χ1n) is 16.9. The Morgan fingerprint density at radius 3 is 1.40 bits per heavy atom. The van der Waals surface area contributed by atoms with Crippen molar-refractivity contribution in [3.8, 4) is 33.4 Å². The fourth-order valence-corrected chi connectivity index (χ4v) is 8.35. The molecule has 0 unspecified atom stereocenters. The summed E-state index contributed by atoms with van der Waals surface area (Å²) in [7, 11) is 0. The molecule has 0 aliphatic carbocycles. The average molecular weight is 635 g/mol. The second-order valence-corrected chi connectivity index (χ2v) is 13.5. The maximum Gasteiger partial charge on any atom is 0.270 e. The van der Waals surface area contributed by atoms with E-state index in [0.29, 0.717) is 0 Å². The molecule has 6 aromatic carbocycles. The number of non-ortho nitro benzene ring substituents is 2. The van der Waals surface area contributed by atoms with Crippen LogP contribution in [0.1, 0.15) is 43.2 Å². The van der Waals surface area contributed by atoms with Gasteiger partial charge in [-0.3, -0.25) is 20.2 Å². The Bertz CT molecular complexity index is 2100. The van der Waals surface area contributed by atoms with Gasteiger partial charge < -0.3 is 4.48 Å². The molecule has 1 spiro atoms. The lowest BCUT2D eigenvalue weighted by molar-refractivity contribution is -0.954. The fourth-order valence-electron chi connectivity index (χ4n) is 8.35. The molecule has 0 saturated carbocycles. The molecule has 2 aliphatic heterocycles. The monoisotopic (exact) mass is 634 g/mol. The predicted octanol–water partition coefficient (Wildman–Crippen LogP) is 10.6. The number of hydrogen-bond acceptors (Lipinski definition) is 4. The van der Waals surface area contributed by atoms with E-state index in [-0.39, 0.29) is 21.2 Å². The van der Waals surface area contributed by atoms with Crippen LogP contribution in [0.4, 0.5) is 11.4 Å². The molecule has 0 amide bonds. The molecular formula is C41H36N3O4+. The smallest absolute Gasteiger partial charge is 0.270 e. The summed E-state index contributed by atoms with van der Waals surface area (Å²) in [5.74, 6) is 0. The number of benzene rings is 6. The highest BCUT2D eigenvalue weighted by molar-refractivity contribution is 6.12. The van der Waals surface area contributed by atoms with Crippen molar-refractivity contribution in [1.82, 2.24) is 0 Å². The molecule has 0 atom stereocenters. The molecule has 1 fully saturated rings. The minimum atomic E-state index is -0.316. The lowest BCUT2D eigenvalue weighted by Gasteiger charge is -2.40. The van der Waals surface area contributed by atoms with Gasteiger partial charge in [0.15, 0.2) is 0 Å². The van der Waals surface area contributed by atoms with Crippen LogP contribution in [0, 0.1) is 20.2 Å². The van der Waals surface area contributed by atoms with Crippen molar-refractivity contribution in [2.45, 2.75) is 45.2 Å². The highest BCUT2D eigenvalue weighted by Crippen LogP contribution is 2.50. The van der Waals surface area contributed by atoms with Crippen LogP contribution in [0.3, 0.4) is 0 Å². The molecule has 1 saturated heterocycles. The molecule has 0 radical (unpaired) electrons. The highest BCUT2D eigenvalue weighted by Gasteiger charge is 2.38. The second kappa shape index (κ2) is 12.0. The zero-order valence-corrected chi connectivity index (χ0v) is 26.7. The van der Waals surface area contributed by atoms with Crippen molar-refractivity contribution in [2.24, 2.45) is 0 Å². The van der Waals surface area contributed by atoms with E-state index >= 15 is 0 Å². The Labute approximate surface area is 279 Å². The zero-order chi connectivity index (χ0) is 32.8. The number of fused-ring (bicyclic) bond motifs is 7. The van der Waals surface area contributed by atoms with Crippen molar-refractivity contribution in [2.75, 3.05) is 13.1 Å². The third-order valence-corrected chi connectivity index (χ3v) is 10.6. The van der Waals surface area contributed by atoms with Crippen molar-refractivity contribution in [1.29, 1.82) is 0 Å². The van der Waals surface area contributed by atoms with Crippen molar-refractivity contribution in [3.05, 3.63) is 141 Å². The lowest BCUT2D eigenvalue weighted by Crippen LogP contribution is -2.48. The fraction of sp³-hybridized carbons (Fsp3) is 0.220. The van der Waals surface area contributed by atoms with E-state index in [9.17, 15) is 20.2 Å². The van der Waals surface area contributed by atoms with Crippen LogP contribution in [-0.2, 0) is 13.1 Å². The maximum atomic E-state index is 12.0. The Hall–Kier alpha value is -5.40. The number of hydrogen-bond donors (Lipinski definition) is 0. The van der Waals surface area contributed by atoms with Gasteiger partial charge in [0.1, 0.15) is 13.1 Å². The van der Waals surface area contributed by atoms with Crippen LogP contribution in [0.25, 0.3) is 54.9 Å². The first-order chi connectivity index (χ1) is 23.4. The van der Waals surface area contributed by atoms with E-state index in [1.165, 1.54) is 41.5 Å². The summed E-state index contributed by atoms with van der Waals surface area (Å²) in [4.78, 5) is 23.3. The van der Waals surface area contributed by atoms with E-state index in [4.69, 9.17) is 0 Å². The summed E-state index contributed by atoms with van der Waals surface area (Å²) in [6.07, 6.45) is 5.91. The van der Waals surface area contributed by atoms with Gasteiger partial charge >= 0.3 is 0 Å². The lowest BCUT2D eigenvalue weighted by atomic mass is 9.82. The van der Waals surface area contributed by atoms with Crippen molar-refractivity contribution < 1.29 is 14.3 Å². The molecule has 2 heterocycles. The van der Waals surface area contributed by atoms with Gasteiger partial charge in [0.05, 0.1) is 22.9 Å². The largest absolute Gasteiger partial charge is 0.316 e. The van der Waals surface area contributed by atoms with E-state index in [1.54, 1.807) is 36.4 Å². The number of nitrogens with zero attached hydrogens (tertiary/aromatic N) is 3. The Kier molecular flexibility index (Phi) is 7.49. The standard InChI is InChI=1S/C41H36N3O4/c45-42(46)32-16-10-14-28(22-32)36-24-30-12-4-6-18-34(30)40-38(36)26-44(20-8-2-1-3-9-21-44)27-39-37(29-15-11-17-33(23-29)43(47)48)25-31-13-5-7-19-35(31)41(39)40/h4-7,10-19,22-25H,1-3,8-9,20-21,26-27H2/q+1. The van der Waals surface area contributed by atoms with Gasteiger partial charge in [-0.2, -0.15) is 0 Å². The molecule has 6 aromatic rings. The Morgan fingerprint density at radius 2 is 0.938 bits per heavy atom. The number of rotatable bonds is 4. The molecule has 48 heavy (non-hydrogen) atoms. The van der Waals surface area contributed by atoms with Gasteiger partial charge in [0, 0.05) is 46.5 Å². The number of nitro benzene ring substituents is 2. The van der Waals surface area contributed by atoms with Gasteiger partial charge in [-0.15, -0.1) is 0 Å². The summed E-state index contributed by atoms with van der Waals surface area (Å²) >= 11 is 0. The summed E-state index contributed by atoms with van der Waals surface area (Å²) in [6.45, 7) is 3.66. The van der Waals surface area contributed by atoms with E-state index in [2.05, 4.69) is 48.5 Å². The molecule has 0 aromatic heterocycles. The van der Waals surface area contributed by atoms with E-state index in [1.807, 2.05) is 24.3 Å². The molecule has 0 bridgehead atoms. The Balaban J connectivity index is 1.54. The second-order valence-electron chi connectivity index (χ2n) is 13.5. The van der Waals surface area contributed by atoms with Crippen LogP contribution in [0.5, 0.6) is 0 Å². The molecule has 7 heteroatoms. The molecular weight excluding hydrogens is 598 g/mol. The molecule has 238 valence electrons. The first-order valence-corrected chi connectivity index (χ1v) is 16.9. The van der Waals surface area contributed by atoms with Crippen LogP contribution >= 0.6 is 0 Å². The summed E-state index contributed by atoms with van der Waals surface area (Å²) in [6, 6.07) is 35.5. The van der Waals surface area contributed by atoms with Gasteiger partial charge in [0.2, 0.25) is 0 Å². The molecule has 2 aliphatic rings. The zero-order valence-electron chi connectivity index (χ0n) is 26.7. The van der Waals surface area contributed by atoms with Crippen LogP contribution in [0.2, 0.25) is 0 Å². The third-order valence-electron chi connectivity index (χ3n) is 10.6. The van der Waals surface area contributed by atoms with E-state index in [0.717, 1.165) is 87.3 Å². The summed E-state index contributed by atoms with van der Waals surface area (Å²) in [5, 5.41) is 28.4. The normalized spacial score (nSPS) is 15.7. The van der Waals surface area contributed by atoms with E-state index < -0.39 is 0 Å². The van der Waals surface area contributed by atoms with Crippen LogP contribution < -0.4 is 0 Å². The number of nitro groups is 2. The minimum Gasteiger partial charge on any atom is -0.316 e. The van der Waals surface area contributed by atoms with Gasteiger partial charge in [-0.1, -0.05) is 79.2 Å². The topological polar surface area (TPSA) is 86.3 Å². The van der Waals surface area contributed by atoms with Gasteiger partial charge in [-0.25, -0.2) is 0 Å². The summed E-state index contributed by atoms with van der Waals surface area (Å²) < 4.78 is 0.876. The number of quaternary nitrogens is 1. The highest BCUT2D eigenvalue weighted by atomic mass is 16.6. The van der Waals surface area contributed by atoms with Crippen molar-refractivity contribution in [3.63, 3.8) is 0 Å².